The lowest BCUT2D eigenvalue weighted by Crippen LogP contribution is -2.20. The van der Waals surface area contributed by atoms with Crippen molar-refractivity contribution in [3.63, 3.8) is 0 Å². The largest absolute Gasteiger partial charge is 0.462 e. The van der Waals surface area contributed by atoms with E-state index in [9.17, 15) is 9.59 Å². The van der Waals surface area contributed by atoms with Crippen molar-refractivity contribution in [2.45, 2.75) is 232 Å². The molecule has 0 rings (SSSR count). The van der Waals surface area contributed by atoms with Gasteiger partial charge in [-0.2, -0.15) is 0 Å². The molecule has 0 aliphatic heterocycles. The van der Waals surface area contributed by atoms with Crippen molar-refractivity contribution in [1.82, 2.24) is 0 Å². The zero-order chi connectivity index (χ0) is 30.8. The average molecular weight is 610 g/mol. The minimum Gasteiger partial charge on any atom is -0.462 e. The van der Waals surface area contributed by atoms with E-state index < -0.39 is 0 Å². The number of esters is 1. The molecular weight excluding hydrogens is 536 g/mol. The average Bonchev–Trinajstić information content (AvgIpc) is 2.96. The van der Waals surface area contributed by atoms with Gasteiger partial charge in [0.05, 0.1) is 6.42 Å². The number of unbranched alkanes of at least 4 members (excludes halogenated alkanes) is 28. The summed E-state index contributed by atoms with van der Waals surface area (Å²) in [5.74, 6) is -0.148. The van der Waals surface area contributed by atoms with E-state index in [1.807, 2.05) is 0 Å². The topological polar surface area (TPSA) is 43.4 Å². The van der Waals surface area contributed by atoms with Crippen molar-refractivity contribution in [3.05, 3.63) is 0 Å². The van der Waals surface area contributed by atoms with Gasteiger partial charge in [0.25, 0.3) is 0 Å². The van der Waals surface area contributed by atoms with Crippen molar-refractivity contribution in [1.29, 1.82) is 0 Å². The van der Waals surface area contributed by atoms with Gasteiger partial charge in [0.15, 0.2) is 0 Å². The van der Waals surface area contributed by atoms with Gasteiger partial charge in [-0.15, -0.1) is 0 Å². The van der Waals surface area contributed by atoms with Gasteiger partial charge in [-0.1, -0.05) is 194 Å². The van der Waals surface area contributed by atoms with Crippen LogP contribution in [0.5, 0.6) is 0 Å². The smallest absolute Gasteiger partial charge is 0.306 e. The number of carbonyl (C=O) groups excluding carboxylic acids is 2. The number of ether oxygens (including phenoxy) is 1. The highest BCUT2D eigenvalue weighted by Gasteiger charge is 2.17. The first-order valence-corrected chi connectivity index (χ1v) is 19.4. The van der Waals surface area contributed by atoms with Crippen LogP contribution < -0.4 is 0 Å². The zero-order valence-electron chi connectivity index (χ0n) is 28.5. The monoisotopic (exact) mass is 610 g/mol. The Labute approximate surface area is 269 Å². The lowest BCUT2D eigenvalue weighted by atomic mass is 10.0. The third-order valence-corrected chi connectivity index (χ3v) is 8.97. The number of hydrogen-bond donors (Lipinski definition) is 0. The Hall–Kier alpha value is -0.640. The predicted molar refractivity (Wildman–Crippen MR) is 186 cm³/mol. The second-order valence-electron chi connectivity index (χ2n) is 13.1. The predicted octanol–water partition coefficient (Wildman–Crippen LogP) is 13.5. The fourth-order valence-corrected chi connectivity index (χ4v) is 6.20. The highest BCUT2D eigenvalue weighted by atomic mass is 32.1. The fraction of sp³-hybridized carbons (Fsp3) is 0.947. The van der Waals surface area contributed by atoms with E-state index in [0.29, 0.717) is 6.42 Å². The molecule has 1 atom stereocenters. The van der Waals surface area contributed by atoms with Crippen LogP contribution in [-0.4, -0.2) is 17.2 Å². The van der Waals surface area contributed by atoms with Gasteiger partial charge < -0.3 is 4.74 Å². The van der Waals surface area contributed by atoms with Crippen molar-refractivity contribution in [2.75, 3.05) is 0 Å². The third kappa shape index (κ3) is 33.9. The molecule has 0 aliphatic rings. The minimum absolute atomic E-state index is 0.148. The molecule has 0 fully saturated rings. The molecule has 0 aromatic rings. The maximum absolute atomic E-state index is 12.3. The zero-order valence-corrected chi connectivity index (χ0v) is 29.4. The van der Waals surface area contributed by atoms with Crippen LogP contribution in [0.4, 0.5) is 0 Å². The molecule has 0 heterocycles. The molecule has 0 N–H and O–H groups in total. The molecule has 0 bridgehead atoms. The second-order valence-corrected chi connectivity index (χ2v) is 13.6. The molecule has 42 heavy (non-hydrogen) atoms. The van der Waals surface area contributed by atoms with E-state index in [0.717, 1.165) is 32.1 Å². The normalized spacial score (nSPS) is 12.0. The van der Waals surface area contributed by atoms with Crippen molar-refractivity contribution in [2.24, 2.45) is 0 Å². The molecule has 0 saturated heterocycles. The van der Waals surface area contributed by atoms with E-state index in [1.165, 1.54) is 167 Å². The molecule has 0 saturated carbocycles. The van der Waals surface area contributed by atoms with Crippen LogP contribution in [0.3, 0.4) is 0 Å². The van der Waals surface area contributed by atoms with Crippen LogP contribution in [0.15, 0.2) is 0 Å². The van der Waals surface area contributed by atoms with Crippen molar-refractivity contribution in [3.8, 4) is 0 Å². The van der Waals surface area contributed by atoms with Crippen molar-refractivity contribution >= 4 is 23.7 Å². The molecule has 0 amide bonds. The van der Waals surface area contributed by atoms with Gasteiger partial charge in [-0.3, -0.25) is 9.59 Å². The van der Waals surface area contributed by atoms with Crippen LogP contribution in [0.25, 0.3) is 0 Å². The molecule has 3 nitrogen and oxygen atoms in total. The summed E-state index contributed by atoms with van der Waals surface area (Å²) in [5, 5.41) is -0.294. The third-order valence-electron chi connectivity index (χ3n) is 8.81. The Kier molecular flexibility index (Phi) is 34.3. The summed E-state index contributed by atoms with van der Waals surface area (Å²) in [6.45, 7) is 4.54. The molecule has 249 valence electrons. The van der Waals surface area contributed by atoms with Crippen LogP contribution in [0.2, 0.25) is 0 Å². The Morgan fingerprint density at radius 3 is 1.05 bits per heavy atom. The first-order valence-electron chi connectivity index (χ1n) is 19.0. The number of carbonyl (C=O) groups is 2. The summed E-state index contributed by atoms with van der Waals surface area (Å²) >= 11 is 4.77. The standard InChI is InChI=1S/C38H73O3S/c1-3-5-7-9-11-13-14-15-16-17-18-19-20-21-22-23-24-26-28-30-32-34-37(39)41-36(35-38(40)42)33-31-29-27-25-12-10-8-6-4-2/h36H,3-35H2,1-2H3. The van der Waals surface area contributed by atoms with E-state index >= 15 is 0 Å². The second kappa shape index (κ2) is 34.8. The summed E-state index contributed by atoms with van der Waals surface area (Å²) in [4.78, 5) is 23.8. The molecule has 1 unspecified atom stereocenters. The summed E-state index contributed by atoms with van der Waals surface area (Å²) in [7, 11) is 0. The maximum Gasteiger partial charge on any atom is 0.306 e. The van der Waals surface area contributed by atoms with Gasteiger partial charge >= 0.3 is 5.97 Å². The maximum atomic E-state index is 12.3. The Morgan fingerprint density at radius 2 is 0.738 bits per heavy atom. The Balaban J connectivity index is 3.50. The summed E-state index contributed by atoms with van der Waals surface area (Å²) in [6, 6.07) is 0. The molecule has 0 aromatic heterocycles. The first kappa shape index (κ1) is 41.4. The molecule has 1 radical (unpaired) electrons. The molecule has 0 spiro atoms. The minimum atomic E-state index is -0.318. The first-order chi connectivity index (χ1) is 20.6. The summed E-state index contributed by atoms with van der Waals surface area (Å²) in [5.41, 5.74) is 0. The lowest BCUT2D eigenvalue weighted by Gasteiger charge is -2.16. The van der Waals surface area contributed by atoms with Crippen LogP contribution in [-0.2, 0) is 14.3 Å². The van der Waals surface area contributed by atoms with Gasteiger partial charge in [0.2, 0.25) is 5.12 Å². The van der Waals surface area contributed by atoms with E-state index in [4.69, 9.17) is 17.4 Å². The highest BCUT2D eigenvalue weighted by molar-refractivity contribution is 7.96. The summed E-state index contributed by atoms with van der Waals surface area (Å²) < 4.78 is 5.65. The molecule has 0 aliphatic carbocycles. The van der Waals surface area contributed by atoms with Crippen LogP contribution >= 0.6 is 12.6 Å². The summed E-state index contributed by atoms with van der Waals surface area (Å²) in [6.07, 6.45) is 41.0. The Bertz CT molecular complexity index is 565. The number of rotatable bonds is 35. The van der Waals surface area contributed by atoms with Gasteiger partial charge in [0, 0.05) is 6.42 Å². The van der Waals surface area contributed by atoms with E-state index in [1.54, 1.807) is 0 Å². The quantitative estimate of drug-likeness (QED) is 0.0530. The van der Waals surface area contributed by atoms with Crippen LogP contribution in [0.1, 0.15) is 226 Å². The fourth-order valence-electron chi connectivity index (χ4n) is 6.02. The molecule has 0 aromatic carbocycles. The van der Waals surface area contributed by atoms with E-state index in [2.05, 4.69) is 13.8 Å². The lowest BCUT2D eigenvalue weighted by molar-refractivity contribution is -0.150. The van der Waals surface area contributed by atoms with E-state index in [-0.39, 0.29) is 23.6 Å². The molecule has 4 heteroatoms. The van der Waals surface area contributed by atoms with Gasteiger partial charge in [0.1, 0.15) is 6.10 Å². The molecular formula is C38H73O3S. The van der Waals surface area contributed by atoms with Crippen LogP contribution in [0, 0.1) is 0 Å². The SMILES string of the molecule is CCCCCCCCCCCCCCCCCCCCCCCC(=O)OC(CCCCCCCCCCC)CC(=O)[S]. The van der Waals surface area contributed by atoms with Gasteiger partial charge in [-0.25, -0.2) is 0 Å². The van der Waals surface area contributed by atoms with Gasteiger partial charge in [-0.05, 0) is 31.9 Å². The number of hydrogen-bond acceptors (Lipinski definition) is 3. The van der Waals surface area contributed by atoms with Crippen molar-refractivity contribution < 1.29 is 14.3 Å². The Morgan fingerprint density at radius 1 is 0.452 bits per heavy atom. The highest BCUT2D eigenvalue weighted by Crippen LogP contribution is 2.18.